The Morgan fingerprint density at radius 2 is 1.92 bits per heavy atom. The van der Waals surface area contributed by atoms with Gasteiger partial charge in [0.2, 0.25) is 5.91 Å². The van der Waals surface area contributed by atoms with Crippen molar-refractivity contribution in [2.24, 2.45) is 5.92 Å². The van der Waals surface area contributed by atoms with Crippen molar-refractivity contribution in [3.05, 3.63) is 77.1 Å². The van der Waals surface area contributed by atoms with E-state index in [1.807, 2.05) is 31.7 Å². The highest BCUT2D eigenvalue weighted by molar-refractivity contribution is 5.79. The summed E-state index contributed by atoms with van der Waals surface area (Å²) in [6, 6.07) is 8.84. The first-order chi connectivity index (χ1) is 18.5. The molecule has 4 heteroatoms. The van der Waals surface area contributed by atoms with Crippen molar-refractivity contribution in [3.63, 3.8) is 0 Å². The molecule has 0 spiro atoms. The lowest BCUT2D eigenvalue weighted by molar-refractivity contribution is -0.128. The lowest BCUT2D eigenvalue weighted by Crippen LogP contribution is -2.32. The highest BCUT2D eigenvalue weighted by atomic mass is 16.5. The molecule has 2 atom stereocenters. The number of amides is 1. The second-order valence-electron chi connectivity index (χ2n) is 10.2. The molecule has 1 saturated heterocycles. The Labute approximate surface area is 231 Å². The van der Waals surface area contributed by atoms with Gasteiger partial charge in [-0.25, -0.2) is 0 Å². The van der Waals surface area contributed by atoms with Crippen LogP contribution in [0, 0.1) is 5.92 Å². The van der Waals surface area contributed by atoms with E-state index >= 15 is 0 Å². The lowest BCUT2D eigenvalue weighted by atomic mass is 9.96. The topological polar surface area (TPSA) is 46.6 Å². The molecule has 1 aromatic carbocycles. The number of aldehydes is 1. The number of nitrogens with zero attached hydrogens (tertiary/aromatic N) is 1. The second kappa shape index (κ2) is 17.6. The van der Waals surface area contributed by atoms with Crippen LogP contribution in [0.4, 0.5) is 0 Å². The molecule has 0 N–H and O–H groups in total. The van der Waals surface area contributed by atoms with Crippen molar-refractivity contribution < 1.29 is 14.3 Å². The number of aryl methyl sites for hydroxylation is 1. The number of benzene rings is 1. The van der Waals surface area contributed by atoms with Gasteiger partial charge in [0.25, 0.3) is 0 Å². The molecule has 1 amide bonds. The Kier molecular flexibility index (Phi) is 14.5. The number of unbranched alkanes of at least 4 members (excludes halogenated alkanes) is 4. The average Bonchev–Trinajstić information content (AvgIpc) is 3.28. The number of hydrogen-bond acceptors (Lipinski definition) is 3. The molecule has 2 unspecified atom stereocenters. The van der Waals surface area contributed by atoms with E-state index in [2.05, 4.69) is 62.4 Å². The molecule has 1 aromatic rings. The summed E-state index contributed by atoms with van der Waals surface area (Å²) >= 11 is 0. The van der Waals surface area contributed by atoms with Crippen LogP contribution in [0.3, 0.4) is 0 Å². The molecule has 38 heavy (non-hydrogen) atoms. The van der Waals surface area contributed by atoms with Crippen molar-refractivity contribution in [2.75, 3.05) is 6.54 Å². The van der Waals surface area contributed by atoms with Gasteiger partial charge in [0.05, 0.1) is 6.04 Å². The van der Waals surface area contributed by atoms with Crippen LogP contribution in [-0.2, 0) is 20.7 Å². The number of hydrogen-bond donors (Lipinski definition) is 0. The van der Waals surface area contributed by atoms with Crippen molar-refractivity contribution in [3.8, 4) is 0 Å². The fourth-order valence-corrected chi connectivity index (χ4v) is 5.06. The third-order valence-electron chi connectivity index (χ3n) is 7.12. The Hall–Kier alpha value is -2.88. The summed E-state index contributed by atoms with van der Waals surface area (Å²) in [6.45, 7) is 11.2. The predicted octanol–water partition coefficient (Wildman–Crippen LogP) is 8.59. The summed E-state index contributed by atoms with van der Waals surface area (Å²) in [5.74, 6) is 2.70. The fraction of sp³-hybridized carbons (Fsp3) is 0.529. The number of carbonyl (C=O) groups excluding carboxylic acids is 2. The van der Waals surface area contributed by atoms with Crippen molar-refractivity contribution in [1.82, 2.24) is 4.90 Å². The molecule has 1 aliphatic heterocycles. The van der Waals surface area contributed by atoms with E-state index in [-0.39, 0.29) is 11.9 Å². The van der Waals surface area contributed by atoms with Crippen molar-refractivity contribution >= 4 is 18.0 Å². The number of carbonyl (C=O) groups is 2. The Morgan fingerprint density at radius 3 is 2.66 bits per heavy atom. The number of rotatable bonds is 14. The molecular formula is C34H49NO3. The minimum Gasteiger partial charge on any atom is -0.457 e. The van der Waals surface area contributed by atoms with E-state index in [1.54, 1.807) is 0 Å². The SMILES string of the molecule is C/C=C(\OC1=C(C)CC(C)C=C1)c1cccc(CC/C=C/C2CCC(=O)N2CCCCCCC=O)c1.CC. The van der Waals surface area contributed by atoms with Crippen LogP contribution in [0.2, 0.25) is 0 Å². The van der Waals surface area contributed by atoms with E-state index in [0.29, 0.717) is 18.8 Å². The van der Waals surface area contributed by atoms with Gasteiger partial charge in [-0.05, 0) is 87.6 Å². The van der Waals surface area contributed by atoms with Crippen LogP contribution < -0.4 is 0 Å². The fourth-order valence-electron chi connectivity index (χ4n) is 5.06. The van der Waals surface area contributed by atoms with Crippen molar-refractivity contribution in [1.29, 1.82) is 0 Å². The minimum atomic E-state index is 0.226. The number of ether oxygens (including phenoxy) is 1. The summed E-state index contributed by atoms with van der Waals surface area (Å²) in [7, 11) is 0. The molecule has 4 nitrogen and oxygen atoms in total. The van der Waals surface area contributed by atoms with E-state index in [4.69, 9.17) is 4.74 Å². The predicted molar refractivity (Wildman–Crippen MR) is 159 cm³/mol. The van der Waals surface area contributed by atoms with Gasteiger partial charge >= 0.3 is 0 Å². The summed E-state index contributed by atoms with van der Waals surface area (Å²) in [6.07, 6.45) is 21.1. The van der Waals surface area contributed by atoms with Gasteiger partial charge in [-0.3, -0.25) is 4.79 Å². The van der Waals surface area contributed by atoms with E-state index in [9.17, 15) is 9.59 Å². The summed E-state index contributed by atoms with van der Waals surface area (Å²) < 4.78 is 6.30. The van der Waals surface area contributed by atoms with Crippen LogP contribution in [0.5, 0.6) is 0 Å². The highest BCUT2D eigenvalue weighted by Crippen LogP contribution is 2.29. The molecule has 3 rings (SSSR count). The van der Waals surface area contributed by atoms with Crippen LogP contribution in [-0.4, -0.2) is 29.7 Å². The van der Waals surface area contributed by atoms with Gasteiger partial charge in [-0.2, -0.15) is 0 Å². The van der Waals surface area contributed by atoms with Crippen molar-refractivity contribution in [2.45, 2.75) is 105 Å². The lowest BCUT2D eigenvalue weighted by Gasteiger charge is -2.22. The smallest absolute Gasteiger partial charge is 0.223 e. The third kappa shape index (κ3) is 10.1. The van der Waals surface area contributed by atoms with E-state index in [0.717, 1.165) is 81.3 Å². The monoisotopic (exact) mass is 519 g/mol. The third-order valence-corrected chi connectivity index (χ3v) is 7.12. The van der Waals surface area contributed by atoms with Gasteiger partial charge in [-0.15, -0.1) is 0 Å². The van der Waals surface area contributed by atoms with E-state index < -0.39 is 0 Å². The first-order valence-corrected chi connectivity index (χ1v) is 14.7. The van der Waals surface area contributed by atoms with Crippen LogP contribution in [0.15, 0.2) is 66.0 Å². The zero-order valence-corrected chi connectivity index (χ0v) is 24.4. The molecule has 0 radical (unpaired) electrons. The molecular weight excluding hydrogens is 470 g/mol. The number of likely N-dealkylation sites (tertiary alicyclic amines) is 1. The van der Waals surface area contributed by atoms with Gasteiger partial charge < -0.3 is 14.4 Å². The highest BCUT2D eigenvalue weighted by Gasteiger charge is 2.28. The normalized spacial score (nSPS) is 19.7. The van der Waals surface area contributed by atoms with Crippen LogP contribution in [0.1, 0.15) is 104 Å². The average molecular weight is 520 g/mol. The van der Waals surface area contributed by atoms with Crippen LogP contribution >= 0.6 is 0 Å². The van der Waals surface area contributed by atoms with Gasteiger partial charge in [0.15, 0.2) is 0 Å². The summed E-state index contributed by atoms with van der Waals surface area (Å²) in [5.41, 5.74) is 3.68. The van der Waals surface area contributed by atoms with Gasteiger partial charge in [-0.1, -0.05) is 70.0 Å². The summed E-state index contributed by atoms with van der Waals surface area (Å²) in [4.78, 5) is 24.8. The number of allylic oxidation sites excluding steroid dienone is 5. The Bertz CT molecular complexity index is 1000. The zero-order valence-electron chi connectivity index (χ0n) is 24.4. The second-order valence-corrected chi connectivity index (χ2v) is 10.2. The Morgan fingerprint density at radius 1 is 1.13 bits per heavy atom. The standard InChI is InChI=1S/C32H43NO3.C2H6/c1-4-30(36-31-19-17-25(2)23-26(31)3)28-15-12-14-27(24-28)13-8-9-16-29-18-20-32(35)33(29)21-10-6-5-7-11-22-34;1-2/h4,9,12,14-17,19,22,24-25,29H,5-8,10-11,13,18,20-21,23H2,1-3H3;1-2H3/b16-9+,30-4-;. The zero-order chi connectivity index (χ0) is 27.8. The molecule has 208 valence electrons. The first kappa shape index (κ1) is 31.3. The molecule has 1 fully saturated rings. The molecule has 1 aliphatic carbocycles. The molecule has 1 heterocycles. The van der Waals surface area contributed by atoms with E-state index in [1.165, 1.54) is 11.1 Å². The maximum atomic E-state index is 12.3. The van der Waals surface area contributed by atoms with Crippen LogP contribution in [0.25, 0.3) is 5.76 Å². The van der Waals surface area contributed by atoms with Gasteiger partial charge in [0.1, 0.15) is 17.8 Å². The molecule has 0 aromatic heterocycles. The minimum absolute atomic E-state index is 0.226. The summed E-state index contributed by atoms with van der Waals surface area (Å²) in [5, 5.41) is 0. The maximum absolute atomic E-state index is 12.3. The Balaban J connectivity index is 0.00000247. The quantitative estimate of drug-likeness (QED) is 0.107. The molecule has 2 aliphatic rings. The largest absolute Gasteiger partial charge is 0.457 e. The molecule has 0 saturated carbocycles. The maximum Gasteiger partial charge on any atom is 0.223 e. The first-order valence-electron chi connectivity index (χ1n) is 14.7. The molecule has 0 bridgehead atoms. The van der Waals surface area contributed by atoms with Gasteiger partial charge in [0, 0.05) is 24.9 Å².